The number of unbranched alkanes of at least 4 members (excludes halogenated alkanes) is 1. The van der Waals surface area contributed by atoms with Crippen LogP contribution in [0.3, 0.4) is 0 Å². The Bertz CT molecular complexity index is 205. The average Bonchev–Trinajstić information content (AvgIpc) is 2.08. The molecule has 0 aliphatic rings. The third kappa shape index (κ3) is 10.3. The Kier molecular flexibility index (Phi) is 9.15. The van der Waals surface area contributed by atoms with Crippen molar-refractivity contribution in [3.05, 3.63) is 12.2 Å². The Morgan fingerprint density at radius 1 is 1.62 bits per heavy atom. The van der Waals surface area contributed by atoms with Crippen molar-refractivity contribution < 1.29 is 5.11 Å². The van der Waals surface area contributed by atoms with Gasteiger partial charge in [-0.2, -0.15) is 0 Å². The fourth-order valence-electron chi connectivity index (χ4n) is 0.927. The molecule has 0 spiro atoms. The summed E-state index contributed by atoms with van der Waals surface area (Å²) in [7, 11) is 1.41. The lowest BCUT2D eigenvalue weighted by molar-refractivity contribution is 0.218. The highest BCUT2D eigenvalue weighted by Gasteiger charge is 1.98. The summed E-state index contributed by atoms with van der Waals surface area (Å²) in [5.41, 5.74) is 1.21. The number of rotatable bonds is 5. The number of halogens is 1. The topological polar surface area (TPSA) is 20.2 Å². The van der Waals surface area contributed by atoms with Crippen LogP contribution in [0.4, 0.5) is 0 Å². The number of hydrogen-bond acceptors (Lipinski definition) is 2. The van der Waals surface area contributed by atoms with Crippen molar-refractivity contribution in [2.45, 2.75) is 38.7 Å². The molecule has 1 N–H and O–H groups in total. The SMILES string of the molecule is C=C(C)CCCCC(O)C#CSI. The minimum atomic E-state index is -0.451. The highest BCUT2D eigenvalue weighted by atomic mass is 127. The van der Waals surface area contributed by atoms with E-state index in [1.807, 2.05) is 6.92 Å². The lowest BCUT2D eigenvalue weighted by atomic mass is 10.1. The Labute approximate surface area is 97.0 Å². The van der Waals surface area contributed by atoms with Gasteiger partial charge in [-0.15, -0.1) is 6.58 Å². The van der Waals surface area contributed by atoms with Crippen molar-refractivity contribution in [1.29, 1.82) is 0 Å². The first-order valence-electron chi connectivity index (χ1n) is 4.27. The zero-order valence-electron chi connectivity index (χ0n) is 7.85. The fourth-order valence-corrected chi connectivity index (χ4v) is 1.49. The van der Waals surface area contributed by atoms with Gasteiger partial charge in [0.2, 0.25) is 0 Å². The second kappa shape index (κ2) is 8.92. The van der Waals surface area contributed by atoms with Gasteiger partial charge in [0, 0.05) is 21.2 Å². The molecular weight excluding hydrogens is 295 g/mol. The van der Waals surface area contributed by atoms with Crippen LogP contribution in [0, 0.1) is 11.2 Å². The van der Waals surface area contributed by atoms with E-state index >= 15 is 0 Å². The summed E-state index contributed by atoms with van der Waals surface area (Å²) < 4.78 is 0. The van der Waals surface area contributed by atoms with E-state index in [0.29, 0.717) is 0 Å². The number of aliphatic hydroxyl groups excluding tert-OH is 1. The predicted octanol–water partition coefficient (Wildman–Crippen LogP) is 3.53. The van der Waals surface area contributed by atoms with Crippen molar-refractivity contribution in [2.24, 2.45) is 0 Å². The van der Waals surface area contributed by atoms with Gasteiger partial charge in [0.1, 0.15) is 6.10 Å². The monoisotopic (exact) mass is 310 g/mol. The molecule has 0 aromatic rings. The Hall–Kier alpha value is 0.340. The van der Waals surface area contributed by atoms with Crippen LogP contribution < -0.4 is 0 Å². The molecule has 74 valence electrons. The summed E-state index contributed by atoms with van der Waals surface area (Å²) in [6, 6.07) is 0. The van der Waals surface area contributed by atoms with E-state index in [-0.39, 0.29) is 0 Å². The van der Waals surface area contributed by atoms with E-state index in [2.05, 4.69) is 39.0 Å². The average molecular weight is 310 g/mol. The summed E-state index contributed by atoms with van der Waals surface area (Å²) in [4.78, 5) is 0. The van der Waals surface area contributed by atoms with Gasteiger partial charge in [-0.25, -0.2) is 0 Å². The molecule has 0 aromatic carbocycles. The molecule has 0 saturated carbocycles. The Morgan fingerprint density at radius 3 is 2.85 bits per heavy atom. The lowest BCUT2D eigenvalue weighted by Crippen LogP contribution is -2.01. The van der Waals surface area contributed by atoms with Crippen LogP contribution in [-0.4, -0.2) is 11.2 Å². The van der Waals surface area contributed by atoms with Crippen LogP contribution in [0.1, 0.15) is 32.6 Å². The number of allylic oxidation sites excluding steroid dienone is 1. The smallest absolute Gasteiger partial charge is 0.115 e. The predicted molar refractivity (Wildman–Crippen MR) is 68.7 cm³/mol. The summed E-state index contributed by atoms with van der Waals surface area (Å²) in [5, 5.41) is 12.1. The maximum absolute atomic E-state index is 9.33. The van der Waals surface area contributed by atoms with Crippen molar-refractivity contribution in [2.75, 3.05) is 0 Å². The minimum absolute atomic E-state index is 0.451. The molecule has 0 radical (unpaired) electrons. The van der Waals surface area contributed by atoms with Gasteiger partial charge in [-0.3, -0.25) is 0 Å². The highest BCUT2D eigenvalue weighted by molar-refractivity contribution is 14.2. The normalized spacial score (nSPS) is 11.6. The van der Waals surface area contributed by atoms with E-state index in [0.717, 1.165) is 25.7 Å². The van der Waals surface area contributed by atoms with Gasteiger partial charge >= 0.3 is 0 Å². The van der Waals surface area contributed by atoms with Gasteiger partial charge in [0.15, 0.2) is 0 Å². The molecule has 3 heteroatoms. The third-order valence-corrected chi connectivity index (χ3v) is 2.45. The molecule has 0 amide bonds. The lowest BCUT2D eigenvalue weighted by Gasteiger charge is -2.02. The molecule has 1 atom stereocenters. The third-order valence-electron chi connectivity index (χ3n) is 1.60. The van der Waals surface area contributed by atoms with E-state index < -0.39 is 6.10 Å². The van der Waals surface area contributed by atoms with Gasteiger partial charge in [0.05, 0.1) is 0 Å². The second-order valence-corrected chi connectivity index (χ2v) is 4.72. The standard InChI is InChI=1S/C10H15IOS/c1-9(2)5-3-4-6-10(12)7-8-13-11/h10,12H,1,3-6H2,2H3. The summed E-state index contributed by atoms with van der Waals surface area (Å²) in [5.74, 6) is 2.76. The minimum Gasteiger partial charge on any atom is -0.380 e. The molecule has 0 aliphatic carbocycles. The Balaban J connectivity index is 3.37. The quantitative estimate of drug-likeness (QED) is 0.363. The summed E-state index contributed by atoms with van der Waals surface area (Å²) >= 11 is 2.09. The number of aliphatic hydroxyl groups is 1. The first-order chi connectivity index (χ1) is 6.16. The molecule has 1 unspecified atom stereocenters. The maximum atomic E-state index is 9.33. The molecule has 0 saturated heterocycles. The largest absolute Gasteiger partial charge is 0.380 e. The van der Waals surface area contributed by atoms with Crippen LogP contribution in [0.2, 0.25) is 0 Å². The van der Waals surface area contributed by atoms with E-state index in [4.69, 9.17) is 0 Å². The first kappa shape index (κ1) is 13.3. The van der Waals surface area contributed by atoms with Crippen molar-refractivity contribution in [3.8, 4) is 11.2 Å². The van der Waals surface area contributed by atoms with Gasteiger partial charge in [-0.05, 0) is 46.8 Å². The highest BCUT2D eigenvalue weighted by Crippen LogP contribution is 2.10. The van der Waals surface area contributed by atoms with Crippen LogP contribution >= 0.6 is 30.1 Å². The van der Waals surface area contributed by atoms with Crippen LogP contribution in [0.25, 0.3) is 0 Å². The zero-order chi connectivity index (χ0) is 10.1. The molecule has 0 fully saturated rings. The maximum Gasteiger partial charge on any atom is 0.115 e. The fraction of sp³-hybridized carbons (Fsp3) is 0.600. The van der Waals surface area contributed by atoms with Crippen LogP contribution in [0.5, 0.6) is 0 Å². The summed E-state index contributed by atoms with van der Waals surface area (Å²) in [6.45, 7) is 5.86. The Morgan fingerprint density at radius 2 is 2.31 bits per heavy atom. The van der Waals surface area contributed by atoms with E-state index in [9.17, 15) is 5.11 Å². The molecule has 0 aliphatic heterocycles. The van der Waals surface area contributed by atoms with Crippen LogP contribution in [0.15, 0.2) is 12.2 Å². The molecular formula is C10H15IOS. The molecule has 13 heavy (non-hydrogen) atoms. The van der Waals surface area contributed by atoms with E-state index in [1.165, 1.54) is 14.5 Å². The number of hydrogen-bond donors (Lipinski definition) is 1. The van der Waals surface area contributed by atoms with E-state index in [1.54, 1.807) is 0 Å². The zero-order valence-corrected chi connectivity index (χ0v) is 10.8. The first-order valence-corrected chi connectivity index (χ1v) is 7.63. The van der Waals surface area contributed by atoms with Gasteiger partial charge in [0.25, 0.3) is 0 Å². The molecule has 0 heterocycles. The second-order valence-electron chi connectivity index (χ2n) is 3.04. The van der Waals surface area contributed by atoms with Crippen LogP contribution in [-0.2, 0) is 0 Å². The molecule has 0 rings (SSSR count). The van der Waals surface area contributed by atoms with Gasteiger partial charge < -0.3 is 5.11 Å². The van der Waals surface area contributed by atoms with Crippen molar-refractivity contribution in [3.63, 3.8) is 0 Å². The van der Waals surface area contributed by atoms with Crippen molar-refractivity contribution >= 4 is 30.1 Å². The van der Waals surface area contributed by atoms with Gasteiger partial charge in [-0.1, -0.05) is 11.5 Å². The summed E-state index contributed by atoms with van der Waals surface area (Å²) in [6.07, 6.45) is 3.51. The molecule has 0 aromatic heterocycles. The van der Waals surface area contributed by atoms with Crippen molar-refractivity contribution in [1.82, 2.24) is 0 Å². The molecule has 1 nitrogen and oxygen atoms in total. The molecule has 0 bridgehead atoms.